The summed E-state index contributed by atoms with van der Waals surface area (Å²) in [6.07, 6.45) is -2.55. The molecule has 1 aliphatic heterocycles. The van der Waals surface area contributed by atoms with Crippen LogP contribution in [0.2, 0.25) is 0 Å². The van der Waals surface area contributed by atoms with Crippen molar-refractivity contribution in [2.75, 3.05) is 26.2 Å². The Bertz CT molecular complexity index is 1010. The monoisotopic (exact) mass is 421 g/mol. The number of alkyl halides is 3. The third-order valence-electron chi connectivity index (χ3n) is 5.25. The largest absolute Gasteiger partial charge is 0.460 e. The lowest BCUT2D eigenvalue weighted by Crippen LogP contribution is -2.51. The van der Waals surface area contributed by atoms with Gasteiger partial charge in [-0.15, -0.1) is 0 Å². The van der Waals surface area contributed by atoms with Crippen molar-refractivity contribution in [1.29, 1.82) is 0 Å². The predicted molar refractivity (Wildman–Crippen MR) is 104 cm³/mol. The van der Waals surface area contributed by atoms with Gasteiger partial charge >= 0.3 is 6.30 Å². The minimum absolute atomic E-state index is 0.0810. The van der Waals surface area contributed by atoms with E-state index in [1.54, 1.807) is 10.8 Å². The van der Waals surface area contributed by atoms with E-state index in [-0.39, 0.29) is 31.9 Å². The molecule has 158 valence electrons. The molecule has 0 N–H and O–H groups in total. The quantitative estimate of drug-likeness (QED) is 0.431. The van der Waals surface area contributed by atoms with Gasteiger partial charge in [-0.1, -0.05) is 30.3 Å². The first kappa shape index (κ1) is 20.6. The highest BCUT2D eigenvalue weighted by Gasteiger charge is 2.38. The van der Waals surface area contributed by atoms with Gasteiger partial charge in [-0.25, -0.2) is 13.7 Å². The predicted octanol–water partition coefficient (Wildman–Crippen LogP) is 5.06. The van der Waals surface area contributed by atoms with E-state index in [1.165, 1.54) is 12.1 Å². The highest BCUT2D eigenvalue weighted by Crippen LogP contribution is 2.29. The van der Waals surface area contributed by atoms with Gasteiger partial charge in [-0.2, -0.15) is 13.2 Å². The van der Waals surface area contributed by atoms with Crippen LogP contribution in [0.3, 0.4) is 0 Å². The molecule has 1 saturated heterocycles. The molecule has 8 heteroatoms. The van der Waals surface area contributed by atoms with Crippen LogP contribution in [0, 0.1) is 11.6 Å². The highest BCUT2D eigenvalue weighted by atomic mass is 19.4. The molecule has 3 nitrogen and oxygen atoms in total. The summed E-state index contributed by atoms with van der Waals surface area (Å²) < 4.78 is 68.0. The van der Waals surface area contributed by atoms with Crippen LogP contribution in [-0.4, -0.2) is 46.8 Å². The minimum Gasteiger partial charge on any atom is -0.314 e. The molecule has 0 saturated carbocycles. The zero-order valence-corrected chi connectivity index (χ0v) is 16.0. The van der Waals surface area contributed by atoms with Crippen molar-refractivity contribution in [2.24, 2.45) is 0 Å². The fourth-order valence-electron chi connectivity index (χ4n) is 3.73. The Labute approximate surface area is 170 Å². The van der Waals surface area contributed by atoms with Crippen molar-refractivity contribution in [2.45, 2.75) is 12.8 Å². The Morgan fingerprint density at radius 3 is 2.17 bits per heavy atom. The van der Waals surface area contributed by atoms with Crippen molar-refractivity contribution in [3.05, 3.63) is 78.0 Å². The maximum Gasteiger partial charge on any atom is 0.460 e. The van der Waals surface area contributed by atoms with E-state index in [0.29, 0.717) is 11.4 Å². The second-order valence-corrected chi connectivity index (χ2v) is 7.30. The van der Waals surface area contributed by atoms with Crippen LogP contribution < -0.4 is 0 Å². The molecular formula is C22H20F5N3. The van der Waals surface area contributed by atoms with E-state index in [1.807, 2.05) is 41.3 Å². The maximum absolute atomic E-state index is 14.5. The molecule has 3 aromatic rings. The topological polar surface area (TPSA) is 11.4 Å². The Hall–Kier alpha value is -2.71. The smallest absolute Gasteiger partial charge is 0.314 e. The first-order valence-corrected chi connectivity index (χ1v) is 9.57. The van der Waals surface area contributed by atoms with E-state index >= 15 is 0 Å². The third kappa shape index (κ3) is 4.39. The van der Waals surface area contributed by atoms with Crippen LogP contribution in [0.1, 0.15) is 5.56 Å². The zero-order chi connectivity index (χ0) is 21.3. The molecule has 0 amide bonds. The Balaban J connectivity index is 1.62. The Morgan fingerprint density at radius 1 is 0.833 bits per heavy atom. The summed E-state index contributed by atoms with van der Waals surface area (Å²) in [5.74, 6) is -1.35. The zero-order valence-electron chi connectivity index (χ0n) is 16.0. The van der Waals surface area contributed by atoms with Crippen LogP contribution >= 0.6 is 0 Å². The Morgan fingerprint density at radius 2 is 1.53 bits per heavy atom. The first-order chi connectivity index (χ1) is 14.3. The SMILES string of the molecule is Fc1ccc(-n2cc(CN3CCN(C(F)(F)F)CC3)cc2-c2ccccc2)c(F)c1. The molecule has 1 fully saturated rings. The number of piperazine rings is 1. The molecule has 0 bridgehead atoms. The van der Waals surface area contributed by atoms with Gasteiger partial charge in [0, 0.05) is 45.0 Å². The lowest BCUT2D eigenvalue weighted by Gasteiger charge is -2.35. The fraction of sp³-hybridized carbons (Fsp3) is 0.273. The molecular weight excluding hydrogens is 401 g/mol. The fourth-order valence-corrected chi connectivity index (χ4v) is 3.73. The van der Waals surface area contributed by atoms with Crippen LogP contribution in [-0.2, 0) is 6.54 Å². The van der Waals surface area contributed by atoms with E-state index < -0.39 is 17.9 Å². The summed E-state index contributed by atoms with van der Waals surface area (Å²) in [4.78, 5) is 2.45. The van der Waals surface area contributed by atoms with Crippen molar-refractivity contribution < 1.29 is 22.0 Å². The molecule has 2 aromatic carbocycles. The molecule has 30 heavy (non-hydrogen) atoms. The molecule has 1 aromatic heterocycles. The van der Waals surface area contributed by atoms with Gasteiger partial charge in [0.1, 0.15) is 11.6 Å². The molecule has 1 aliphatic rings. The normalized spacial score (nSPS) is 16.2. The number of benzene rings is 2. The number of rotatable bonds is 4. The summed E-state index contributed by atoms with van der Waals surface area (Å²) in [5, 5.41) is 0. The van der Waals surface area contributed by atoms with Crippen molar-refractivity contribution in [3.8, 4) is 16.9 Å². The maximum atomic E-state index is 14.5. The highest BCUT2D eigenvalue weighted by molar-refractivity contribution is 5.64. The lowest BCUT2D eigenvalue weighted by molar-refractivity contribution is -0.252. The number of aromatic nitrogens is 1. The van der Waals surface area contributed by atoms with Crippen LogP contribution in [0.5, 0.6) is 0 Å². The van der Waals surface area contributed by atoms with E-state index in [0.717, 1.165) is 22.9 Å². The van der Waals surface area contributed by atoms with Gasteiger partial charge in [0.25, 0.3) is 0 Å². The minimum atomic E-state index is -4.31. The second-order valence-electron chi connectivity index (χ2n) is 7.30. The Kier molecular flexibility index (Phi) is 5.62. The van der Waals surface area contributed by atoms with E-state index in [2.05, 4.69) is 0 Å². The summed E-state index contributed by atoms with van der Waals surface area (Å²) in [5.41, 5.74) is 2.64. The summed E-state index contributed by atoms with van der Waals surface area (Å²) in [6.45, 7) is 0.860. The molecule has 0 aliphatic carbocycles. The average molecular weight is 421 g/mol. The van der Waals surface area contributed by atoms with Crippen LogP contribution in [0.4, 0.5) is 22.0 Å². The van der Waals surface area contributed by atoms with Gasteiger partial charge in [0.05, 0.1) is 11.4 Å². The van der Waals surface area contributed by atoms with Gasteiger partial charge in [-0.05, 0) is 29.3 Å². The van der Waals surface area contributed by atoms with Gasteiger partial charge in [0.2, 0.25) is 0 Å². The summed E-state index contributed by atoms with van der Waals surface area (Å²) in [6, 6.07) is 14.7. The van der Waals surface area contributed by atoms with E-state index in [4.69, 9.17) is 0 Å². The molecule has 4 rings (SSSR count). The van der Waals surface area contributed by atoms with Gasteiger partial charge in [0.15, 0.2) is 0 Å². The molecule has 0 atom stereocenters. The molecule has 0 spiro atoms. The van der Waals surface area contributed by atoms with E-state index in [9.17, 15) is 22.0 Å². The standard InChI is InChI=1S/C22H20F5N3/c23-18-6-7-20(19(24)13-18)30-15-16(12-21(30)17-4-2-1-3-5-17)14-28-8-10-29(11-9-28)22(25,26)27/h1-7,12-13,15H,8-11,14H2. The summed E-state index contributed by atoms with van der Waals surface area (Å²) >= 11 is 0. The number of halogens is 5. The molecule has 0 unspecified atom stereocenters. The van der Waals surface area contributed by atoms with Gasteiger partial charge in [-0.3, -0.25) is 4.90 Å². The second kappa shape index (κ2) is 8.20. The van der Waals surface area contributed by atoms with Crippen LogP contribution in [0.15, 0.2) is 60.8 Å². The molecule has 0 radical (unpaired) electrons. The third-order valence-corrected chi connectivity index (χ3v) is 5.25. The van der Waals surface area contributed by atoms with Crippen LogP contribution in [0.25, 0.3) is 16.9 Å². The van der Waals surface area contributed by atoms with Crippen molar-refractivity contribution in [3.63, 3.8) is 0 Å². The summed E-state index contributed by atoms with van der Waals surface area (Å²) in [7, 11) is 0. The van der Waals surface area contributed by atoms with Gasteiger partial charge < -0.3 is 4.57 Å². The van der Waals surface area contributed by atoms with Crippen molar-refractivity contribution in [1.82, 2.24) is 14.4 Å². The van der Waals surface area contributed by atoms with Crippen molar-refractivity contribution >= 4 is 0 Å². The first-order valence-electron chi connectivity index (χ1n) is 9.57. The lowest BCUT2D eigenvalue weighted by atomic mass is 10.1. The average Bonchev–Trinajstić information content (AvgIpc) is 3.12. The number of hydrogen-bond acceptors (Lipinski definition) is 2. The number of nitrogens with zero attached hydrogens (tertiary/aromatic N) is 3. The number of hydrogen-bond donors (Lipinski definition) is 0. The molecule has 2 heterocycles.